The molecule has 3 aromatic rings. The molecule has 1 N–H and O–H groups in total. The van der Waals surface area contributed by atoms with E-state index in [0.29, 0.717) is 17.0 Å². The Balaban J connectivity index is 1.94. The van der Waals surface area contributed by atoms with Crippen LogP contribution in [0.5, 0.6) is 0 Å². The monoisotopic (exact) mass is 478 g/mol. The molecule has 166 valence electrons. The largest absolute Gasteiger partial charge is 0.598 e. The lowest BCUT2D eigenvalue weighted by atomic mass is 9.91. The van der Waals surface area contributed by atoms with Crippen molar-refractivity contribution in [3.05, 3.63) is 64.3 Å². The first-order valence-corrected chi connectivity index (χ1v) is 13.3. The predicted octanol–water partition coefficient (Wildman–Crippen LogP) is 5.27. The van der Waals surface area contributed by atoms with Crippen LogP contribution in [0, 0.1) is 6.92 Å². The third-order valence-electron chi connectivity index (χ3n) is 5.64. The van der Waals surface area contributed by atoms with Crippen molar-refractivity contribution >= 4 is 43.9 Å². The summed E-state index contributed by atoms with van der Waals surface area (Å²) in [4.78, 5) is 0.251. The van der Waals surface area contributed by atoms with E-state index in [1.54, 1.807) is 36.4 Å². The number of benzene rings is 2. The molecule has 4 rings (SSSR count). The molecule has 2 atom stereocenters. The molecule has 8 heteroatoms. The number of nitrogens with one attached hydrogen (secondary N) is 1. The highest BCUT2D eigenvalue weighted by Gasteiger charge is 2.36. The molecule has 0 aliphatic heterocycles. The summed E-state index contributed by atoms with van der Waals surface area (Å²) < 4.78 is 44.6. The zero-order valence-electron chi connectivity index (χ0n) is 18.1. The zero-order chi connectivity index (χ0) is 22.6. The molecule has 5 nitrogen and oxygen atoms in total. The van der Waals surface area contributed by atoms with Crippen LogP contribution in [0.4, 0.5) is 0 Å². The van der Waals surface area contributed by atoms with E-state index >= 15 is 0 Å². The second kappa shape index (κ2) is 8.12. The van der Waals surface area contributed by atoms with Crippen molar-refractivity contribution in [1.82, 2.24) is 8.69 Å². The average molecular weight is 479 g/mol. The minimum atomic E-state index is -3.80. The summed E-state index contributed by atoms with van der Waals surface area (Å²) in [6.45, 7) is 7.68. The molecule has 1 unspecified atom stereocenters. The van der Waals surface area contributed by atoms with Crippen LogP contribution in [0.3, 0.4) is 0 Å². The maximum Gasteiger partial charge on any atom is 0.268 e. The van der Waals surface area contributed by atoms with Gasteiger partial charge in [-0.3, -0.25) is 0 Å². The van der Waals surface area contributed by atoms with E-state index in [4.69, 9.17) is 11.6 Å². The molecule has 1 heterocycles. The molecule has 0 bridgehead atoms. The normalized spacial score (nSPS) is 18.2. The predicted molar refractivity (Wildman–Crippen MR) is 127 cm³/mol. The van der Waals surface area contributed by atoms with E-state index in [1.807, 2.05) is 33.8 Å². The summed E-state index contributed by atoms with van der Waals surface area (Å²) in [6.07, 6.45) is 2.22. The van der Waals surface area contributed by atoms with Gasteiger partial charge < -0.3 is 4.55 Å². The average Bonchev–Trinajstić information content (AvgIpc) is 3.02. The third kappa shape index (κ3) is 4.14. The number of fused-ring (bicyclic) bond motifs is 3. The number of hydrogen-bond acceptors (Lipinski definition) is 4. The van der Waals surface area contributed by atoms with Gasteiger partial charge in [-0.1, -0.05) is 29.3 Å². The molecular weight excluding hydrogens is 452 g/mol. The maximum absolute atomic E-state index is 13.7. The molecule has 31 heavy (non-hydrogen) atoms. The first-order chi connectivity index (χ1) is 14.5. The van der Waals surface area contributed by atoms with E-state index < -0.39 is 26.1 Å². The van der Waals surface area contributed by atoms with Gasteiger partial charge in [-0.25, -0.2) is 12.4 Å². The van der Waals surface area contributed by atoms with Crippen LogP contribution in [-0.4, -0.2) is 21.7 Å². The second-order valence-electron chi connectivity index (χ2n) is 9.05. The van der Waals surface area contributed by atoms with Crippen LogP contribution in [0.25, 0.3) is 10.9 Å². The van der Waals surface area contributed by atoms with Crippen LogP contribution >= 0.6 is 11.6 Å². The molecule has 0 spiro atoms. The molecule has 0 saturated carbocycles. The highest BCUT2D eigenvalue weighted by Crippen LogP contribution is 2.41. The van der Waals surface area contributed by atoms with Gasteiger partial charge in [-0.2, -0.15) is 0 Å². The van der Waals surface area contributed by atoms with Gasteiger partial charge in [0.15, 0.2) is 0 Å². The van der Waals surface area contributed by atoms with Gasteiger partial charge in [0.2, 0.25) is 0 Å². The summed E-state index contributed by atoms with van der Waals surface area (Å²) in [6, 6.07) is 12.0. The smallest absolute Gasteiger partial charge is 0.268 e. The maximum atomic E-state index is 13.7. The highest BCUT2D eigenvalue weighted by atomic mass is 35.5. The molecule has 0 saturated heterocycles. The van der Waals surface area contributed by atoms with E-state index in [-0.39, 0.29) is 10.9 Å². The minimum Gasteiger partial charge on any atom is -0.598 e. The van der Waals surface area contributed by atoms with Crippen LogP contribution in [-0.2, 0) is 27.8 Å². The van der Waals surface area contributed by atoms with Crippen LogP contribution < -0.4 is 4.72 Å². The Morgan fingerprint density at radius 1 is 1.16 bits per heavy atom. The molecule has 1 aliphatic carbocycles. The Hall–Kier alpha value is -1.51. The van der Waals surface area contributed by atoms with Gasteiger partial charge in [-0.05, 0) is 77.3 Å². The fourth-order valence-corrected chi connectivity index (χ4v) is 6.68. The molecule has 0 amide bonds. The number of rotatable bonds is 4. The summed E-state index contributed by atoms with van der Waals surface area (Å²) in [7, 11) is -3.80. The molecule has 2 aromatic carbocycles. The Labute approximate surface area is 192 Å². The van der Waals surface area contributed by atoms with Gasteiger partial charge in [0.1, 0.15) is 4.75 Å². The van der Waals surface area contributed by atoms with Crippen molar-refractivity contribution in [3.8, 4) is 0 Å². The number of nitrogens with zero attached hydrogens (tertiary/aromatic N) is 1. The van der Waals surface area contributed by atoms with Crippen molar-refractivity contribution in [3.63, 3.8) is 0 Å². The number of halogens is 1. The number of aryl methyl sites for hydroxylation is 1. The number of hydrogen-bond donors (Lipinski definition) is 1. The van der Waals surface area contributed by atoms with Crippen LogP contribution in [0.15, 0.2) is 47.4 Å². The highest BCUT2D eigenvalue weighted by molar-refractivity contribution is 7.91. The summed E-state index contributed by atoms with van der Waals surface area (Å²) in [5.41, 5.74) is 3.23. The minimum absolute atomic E-state index is 0.209. The van der Waals surface area contributed by atoms with Crippen LogP contribution in [0.2, 0.25) is 5.02 Å². The summed E-state index contributed by atoms with van der Waals surface area (Å²) >= 11 is 5.02. The first-order valence-electron chi connectivity index (χ1n) is 10.3. The second-order valence-corrected chi connectivity index (χ2v) is 13.3. The Kier molecular flexibility index (Phi) is 5.94. The fraction of sp³-hybridized carbons (Fsp3) is 0.391. The molecule has 1 aliphatic rings. The van der Waals surface area contributed by atoms with Crippen LogP contribution in [0.1, 0.15) is 56.5 Å². The van der Waals surface area contributed by atoms with Crippen molar-refractivity contribution in [2.75, 3.05) is 0 Å². The van der Waals surface area contributed by atoms with Crippen molar-refractivity contribution < 1.29 is 13.0 Å². The number of aromatic nitrogens is 1. The molecule has 0 radical (unpaired) electrons. The Morgan fingerprint density at radius 3 is 2.48 bits per heavy atom. The third-order valence-corrected chi connectivity index (χ3v) is 9.25. The van der Waals surface area contributed by atoms with Gasteiger partial charge in [0, 0.05) is 33.0 Å². The fourth-order valence-electron chi connectivity index (χ4n) is 4.07. The lowest BCUT2D eigenvalue weighted by Gasteiger charge is -2.30. The first kappa shape index (κ1) is 22.7. The topological polar surface area (TPSA) is 74.2 Å². The van der Waals surface area contributed by atoms with Gasteiger partial charge in [0.05, 0.1) is 16.5 Å². The standard InChI is InChI=1S/C23H27ClN2O3S2/c1-15-8-11-17(12-9-15)31(28,29)26-20-13-10-16(24)14-18(20)22-19(6-5-7-21(22)26)25-30(27)23(2,3)4/h8-14,19,25H,5-7H2,1-4H3/t19-,30?/m0/s1. The van der Waals surface area contributed by atoms with E-state index in [0.717, 1.165) is 35.0 Å². The van der Waals surface area contributed by atoms with Gasteiger partial charge in [0.25, 0.3) is 10.0 Å². The molecule has 1 aromatic heterocycles. The van der Waals surface area contributed by atoms with E-state index in [2.05, 4.69) is 4.72 Å². The lowest BCUT2D eigenvalue weighted by Crippen LogP contribution is -2.42. The Bertz CT molecular complexity index is 1230. The summed E-state index contributed by atoms with van der Waals surface area (Å²) in [5, 5.41) is 1.34. The lowest BCUT2D eigenvalue weighted by molar-refractivity contribution is 0.488. The molecular formula is C23H27ClN2O3S2. The van der Waals surface area contributed by atoms with E-state index in [9.17, 15) is 13.0 Å². The van der Waals surface area contributed by atoms with E-state index in [1.165, 1.54) is 3.97 Å². The quantitative estimate of drug-likeness (QED) is 0.518. The van der Waals surface area contributed by atoms with Crippen molar-refractivity contribution in [2.45, 2.75) is 62.6 Å². The van der Waals surface area contributed by atoms with Gasteiger partial charge >= 0.3 is 0 Å². The Morgan fingerprint density at radius 2 is 1.84 bits per heavy atom. The van der Waals surface area contributed by atoms with Crippen molar-refractivity contribution in [1.29, 1.82) is 0 Å². The van der Waals surface area contributed by atoms with Gasteiger partial charge in [-0.15, -0.1) is 4.72 Å². The zero-order valence-corrected chi connectivity index (χ0v) is 20.5. The summed E-state index contributed by atoms with van der Waals surface area (Å²) in [5.74, 6) is 0. The van der Waals surface area contributed by atoms with Crippen molar-refractivity contribution in [2.24, 2.45) is 0 Å². The SMILES string of the molecule is Cc1ccc(S(=O)(=O)n2c3c(c4cc(Cl)ccc42)[C@@H](N[S+]([O-])C(C)(C)C)CCC3)cc1. The molecule has 0 fully saturated rings.